The molecule has 6 heteroatoms. The minimum absolute atomic E-state index is 0.189. The molecule has 0 spiro atoms. The van der Waals surface area contributed by atoms with Crippen LogP contribution in [0.25, 0.3) is 0 Å². The van der Waals surface area contributed by atoms with Crippen LogP contribution in [0.5, 0.6) is 0 Å². The van der Waals surface area contributed by atoms with E-state index < -0.39 is 23.4 Å². The van der Waals surface area contributed by atoms with Crippen LogP contribution in [0, 0.1) is 9.52 Å². The van der Waals surface area contributed by atoms with E-state index in [4.69, 9.17) is 0 Å². The second kappa shape index (κ2) is 3.46. The molecule has 1 aromatic heterocycles. The van der Waals surface area contributed by atoms with Crippen molar-refractivity contribution in [2.75, 3.05) is 0 Å². The Bertz CT molecular complexity index is 349. The zero-order chi connectivity index (χ0) is 9.30. The van der Waals surface area contributed by atoms with Gasteiger partial charge in [0.2, 0.25) is 0 Å². The normalized spacial score (nSPS) is 10.8. The third kappa shape index (κ3) is 1.79. The molecule has 0 atom stereocenters. The van der Waals surface area contributed by atoms with Gasteiger partial charge in [0, 0.05) is 0 Å². The van der Waals surface area contributed by atoms with E-state index in [1.165, 1.54) is 0 Å². The number of aromatic amines is 1. The van der Waals surface area contributed by atoms with E-state index in [0.29, 0.717) is 0 Å². The van der Waals surface area contributed by atoms with Gasteiger partial charge in [-0.1, -0.05) is 0 Å². The van der Waals surface area contributed by atoms with Crippen molar-refractivity contribution in [3.8, 4) is 0 Å². The van der Waals surface area contributed by atoms with Gasteiger partial charge >= 0.3 is 0 Å². The van der Waals surface area contributed by atoms with Gasteiger partial charge in [-0.3, -0.25) is 4.79 Å². The highest BCUT2D eigenvalue weighted by Crippen LogP contribution is 2.20. The van der Waals surface area contributed by atoms with Gasteiger partial charge < -0.3 is 4.98 Å². The molecule has 1 N–H and O–H groups in total. The minimum atomic E-state index is -2.96. The summed E-state index contributed by atoms with van der Waals surface area (Å²) in [5.74, 6) is -1.41. The third-order valence-electron chi connectivity index (χ3n) is 1.20. The molecule has 0 aliphatic carbocycles. The number of halogens is 4. The number of hydrogen-bond acceptors (Lipinski definition) is 1. The lowest BCUT2D eigenvalue weighted by Crippen LogP contribution is -2.15. The van der Waals surface area contributed by atoms with Crippen molar-refractivity contribution in [1.82, 2.24) is 4.98 Å². The third-order valence-corrected chi connectivity index (χ3v) is 1.78. The summed E-state index contributed by atoms with van der Waals surface area (Å²) in [6.45, 7) is 0. The molecule has 12 heavy (non-hydrogen) atoms. The lowest BCUT2D eigenvalue weighted by atomic mass is 10.3. The first-order valence-corrected chi connectivity index (χ1v) is 3.96. The summed E-state index contributed by atoms with van der Waals surface area (Å²) in [7, 11) is 0. The SMILES string of the molecule is O=c1[nH]c(I)cc(C(F)F)c1F. The van der Waals surface area contributed by atoms with Crippen LogP contribution in [0.1, 0.15) is 12.0 Å². The van der Waals surface area contributed by atoms with E-state index >= 15 is 0 Å². The fourth-order valence-corrected chi connectivity index (χ4v) is 1.27. The van der Waals surface area contributed by atoms with Gasteiger partial charge in [-0.2, -0.15) is 0 Å². The number of pyridine rings is 1. The van der Waals surface area contributed by atoms with Crippen molar-refractivity contribution in [3.05, 3.63) is 31.5 Å². The van der Waals surface area contributed by atoms with E-state index in [9.17, 15) is 18.0 Å². The Balaban J connectivity index is 3.38. The molecule has 1 heterocycles. The molecule has 66 valence electrons. The summed E-state index contributed by atoms with van der Waals surface area (Å²) in [4.78, 5) is 12.7. The second-order valence-corrected chi connectivity index (χ2v) is 3.18. The van der Waals surface area contributed by atoms with Crippen molar-refractivity contribution in [3.63, 3.8) is 0 Å². The maximum Gasteiger partial charge on any atom is 0.285 e. The number of hydrogen-bond donors (Lipinski definition) is 1. The molecule has 0 radical (unpaired) electrons. The van der Waals surface area contributed by atoms with Crippen LogP contribution in [0.2, 0.25) is 0 Å². The lowest BCUT2D eigenvalue weighted by Gasteiger charge is -2.00. The predicted molar refractivity (Wildman–Crippen MR) is 44.7 cm³/mol. The molecular formula is C6H3F3INO. The van der Waals surface area contributed by atoms with Crippen LogP contribution in [-0.2, 0) is 0 Å². The first kappa shape index (κ1) is 9.56. The first-order valence-electron chi connectivity index (χ1n) is 2.88. The number of alkyl halides is 2. The zero-order valence-corrected chi connectivity index (χ0v) is 7.73. The van der Waals surface area contributed by atoms with Gasteiger partial charge in [-0.25, -0.2) is 13.2 Å². The zero-order valence-electron chi connectivity index (χ0n) is 5.57. The van der Waals surface area contributed by atoms with E-state index in [0.717, 1.165) is 6.07 Å². The van der Waals surface area contributed by atoms with Crippen LogP contribution >= 0.6 is 22.6 Å². The molecule has 0 fully saturated rings. The lowest BCUT2D eigenvalue weighted by molar-refractivity contribution is 0.145. The average Bonchev–Trinajstić information content (AvgIpc) is 1.96. The van der Waals surface area contributed by atoms with E-state index in [1.54, 1.807) is 22.6 Å². The first-order chi connectivity index (χ1) is 5.52. The van der Waals surface area contributed by atoms with Crippen molar-refractivity contribution >= 4 is 22.6 Å². The monoisotopic (exact) mass is 289 g/mol. The van der Waals surface area contributed by atoms with Crippen LogP contribution < -0.4 is 5.56 Å². The summed E-state index contributed by atoms with van der Waals surface area (Å²) >= 11 is 1.63. The van der Waals surface area contributed by atoms with Crippen LogP contribution in [0.3, 0.4) is 0 Å². The topological polar surface area (TPSA) is 32.9 Å². The Morgan fingerprint density at radius 3 is 2.58 bits per heavy atom. The van der Waals surface area contributed by atoms with E-state index in [1.807, 2.05) is 0 Å². The van der Waals surface area contributed by atoms with Gasteiger partial charge in [0.05, 0.1) is 9.26 Å². The standard InChI is InChI=1S/C6H3F3INO/c7-4-2(5(8)9)1-3(10)11-6(4)12/h1,5H,(H,11,12). The molecule has 0 aliphatic rings. The van der Waals surface area contributed by atoms with Gasteiger partial charge in [-0.05, 0) is 28.7 Å². The summed E-state index contributed by atoms with van der Waals surface area (Å²) in [5.41, 5.74) is -1.97. The van der Waals surface area contributed by atoms with Crippen molar-refractivity contribution in [1.29, 1.82) is 0 Å². The molecule has 0 aromatic carbocycles. The van der Waals surface area contributed by atoms with Crippen LogP contribution in [0.15, 0.2) is 10.9 Å². The molecule has 2 nitrogen and oxygen atoms in total. The van der Waals surface area contributed by atoms with Gasteiger partial charge in [0.1, 0.15) is 0 Å². The van der Waals surface area contributed by atoms with Gasteiger partial charge in [0.15, 0.2) is 5.82 Å². The molecule has 0 unspecified atom stereocenters. The Labute approximate surface area is 78.9 Å². The van der Waals surface area contributed by atoms with Crippen LogP contribution in [-0.4, -0.2) is 4.98 Å². The molecular weight excluding hydrogens is 286 g/mol. The predicted octanol–water partition coefficient (Wildman–Crippen LogP) is 2.06. The number of rotatable bonds is 1. The Morgan fingerprint density at radius 1 is 1.50 bits per heavy atom. The molecule has 0 saturated heterocycles. The molecule has 0 amide bonds. The molecule has 1 rings (SSSR count). The molecule has 0 aliphatic heterocycles. The Hall–Kier alpha value is -0.530. The summed E-state index contributed by atoms with van der Waals surface area (Å²) in [6, 6.07) is 0.905. The highest BCUT2D eigenvalue weighted by Gasteiger charge is 2.16. The largest absolute Gasteiger partial charge is 0.315 e. The maximum atomic E-state index is 12.6. The summed E-state index contributed by atoms with van der Waals surface area (Å²) < 4.78 is 36.8. The minimum Gasteiger partial charge on any atom is -0.315 e. The molecule has 0 bridgehead atoms. The fourth-order valence-electron chi connectivity index (χ4n) is 0.689. The van der Waals surface area contributed by atoms with Crippen LogP contribution in [0.4, 0.5) is 13.2 Å². The highest BCUT2D eigenvalue weighted by molar-refractivity contribution is 14.1. The maximum absolute atomic E-state index is 12.6. The van der Waals surface area contributed by atoms with E-state index in [2.05, 4.69) is 4.98 Å². The van der Waals surface area contributed by atoms with Crippen molar-refractivity contribution in [2.45, 2.75) is 6.43 Å². The van der Waals surface area contributed by atoms with Gasteiger partial charge in [0.25, 0.3) is 12.0 Å². The Morgan fingerprint density at radius 2 is 2.08 bits per heavy atom. The smallest absolute Gasteiger partial charge is 0.285 e. The summed E-state index contributed by atoms with van der Waals surface area (Å²) in [6.07, 6.45) is -2.96. The quantitative estimate of drug-likeness (QED) is 0.623. The number of nitrogens with one attached hydrogen (secondary N) is 1. The number of H-pyrrole nitrogens is 1. The summed E-state index contributed by atoms with van der Waals surface area (Å²) in [5, 5.41) is 0. The molecule has 1 aromatic rings. The highest BCUT2D eigenvalue weighted by atomic mass is 127. The Kier molecular flexibility index (Phi) is 2.76. The van der Waals surface area contributed by atoms with E-state index in [-0.39, 0.29) is 3.70 Å². The number of aromatic nitrogens is 1. The molecule has 0 saturated carbocycles. The second-order valence-electron chi connectivity index (χ2n) is 2.02. The van der Waals surface area contributed by atoms with Gasteiger partial charge in [-0.15, -0.1) is 0 Å². The van der Waals surface area contributed by atoms with Crippen molar-refractivity contribution < 1.29 is 13.2 Å². The average molecular weight is 289 g/mol. The fraction of sp³-hybridized carbons (Fsp3) is 0.167. The van der Waals surface area contributed by atoms with Crippen molar-refractivity contribution in [2.24, 2.45) is 0 Å².